The van der Waals surface area contributed by atoms with Crippen LogP contribution in [0.25, 0.3) is 5.69 Å². The Balaban J connectivity index is 1.66. The molecule has 2 heterocycles. The average Bonchev–Trinajstić information content (AvgIpc) is 3.16. The van der Waals surface area contributed by atoms with Crippen LogP contribution in [0.1, 0.15) is 32.6 Å². The molecule has 0 radical (unpaired) electrons. The number of nitrogens with zero attached hydrogens (tertiary/aromatic N) is 2. The Morgan fingerprint density at radius 2 is 2.08 bits per heavy atom. The Bertz CT molecular complexity index is 931. The lowest BCUT2D eigenvalue weighted by molar-refractivity contribution is 0.0946. The van der Waals surface area contributed by atoms with Gasteiger partial charge in [0.2, 0.25) is 0 Å². The molecule has 0 bridgehead atoms. The number of amides is 1. The van der Waals surface area contributed by atoms with Gasteiger partial charge in [-0.25, -0.2) is 4.68 Å². The van der Waals surface area contributed by atoms with E-state index in [0.29, 0.717) is 12.1 Å². The van der Waals surface area contributed by atoms with Crippen molar-refractivity contribution in [2.24, 2.45) is 0 Å². The highest BCUT2D eigenvalue weighted by atomic mass is 35.5. The molecule has 1 aliphatic heterocycles. The second-order valence-electron chi connectivity index (χ2n) is 6.30. The smallest absolute Gasteiger partial charge is 0.251 e. The first kappa shape index (κ1) is 15.9. The highest BCUT2D eigenvalue weighted by molar-refractivity contribution is 6.32. The second kappa shape index (κ2) is 6.37. The number of carbonyl (C=O) groups is 1. The van der Waals surface area contributed by atoms with Gasteiger partial charge in [0.25, 0.3) is 5.91 Å². The Kier molecular flexibility index (Phi) is 4.06. The van der Waals surface area contributed by atoms with Crippen molar-refractivity contribution in [3.8, 4) is 5.69 Å². The average molecular weight is 352 g/mol. The van der Waals surface area contributed by atoms with Crippen molar-refractivity contribution in [2.45, 2.75) is 19.8 Å². The molecule has 4 nitrogen and oxygen atoms in total. The van der Waals surface area contributed by atoms with Gasteiger partial charge in [-0.15, -0.1) is 0 Å². The van der Waals surface area contributed by atoms with Gasteiger partial charge < -0.3 is 5.32 Å². The molecule has 0 aliphatic carbocycles. The molecule has 3 aromatic rings. The number of carbonyl (C=O) groups excluding carboxylic acids is 1. The van der Waals surface area contributed by atoms with E-state index in [1.165, 1.54) is 5.56 Å². The molecule has 1 aliphatic rings. The third-order valence-electron chi connectivity index (χ3n) is 4.72. The van der Waals surface area contributed by atoms with Crippen LogP contribution in [0.5, 0.6) is 0 Å². The van der Waals surface area contributed by atoms with E-state index < -0.39 is 0 Å². The summed E-state index contributed by atoms with van der Waals surface area (Å²) >= 11 is 6.55. The fraction of sp³-hybridized carbons (Fsp3) is 0.200. The number of aromatic nitrogens is 2. The van der Waals surface area contributed by atoms with E-state index in [4.69, 9.17) is 11.6 Å². The largest absolute Gasteiger partial charge is 0.352 e. The van der Waals surface area contributed by atoms with Gasteiger partial charge in [-0.3, -0.25) is 4.79 Å². The first-order valence-corrected chi connectivity index (χ1v) is 8.69. The van der Waals surface area contributed by atoms with Crippen molar-refractivity contribution in [3.63, 3.8) is 0 Å². The summed E-state index contributed by atoms with van der Waals surface area (Å²) in [6, 6.07) is 12.2. The van der Waals surface area contributed by atoms with E-state index in [2.05, 4.69) is 22.5 Å². The van der Waals surface area contributed by atoms with Crippen LogP contribution in [0.4, 0.5) is 0 Å². The van der Waals surface area contributed by atoms with Crippen LogP contribution in [0.2, 0.25) is 5.02 Å². The predicted octanol–water partition coefficient (Wildman–Crippen LogP) is 3.71. The highest BCUT2D eigenvalue weighted by Crippen LogP contribution is 2.31. The molecule has 0 spiro atoms. The van der Waals surface area contributed by atoms with Crippen molar-refractivity contribution in [2.75, 3.05) is 6.54 Å². The lowest BCUT2D eigenvalue weighted by Crippen LogP contribution is -2.32. The monoisotopic (exact) mass is 351 g/mol. The zero-order chi connectivity index (χ0) is 17.4. The van der Waals surface area contributed by atoms with Crippen molar-refractivity contribution < 1.29 is 4.79 Å². The summed E-state index contributed by atoms with van der Waals surface area (Å²) in [5.41, 5.74) is 6.03. The van der Waals surface area contributed by atoms with Gasteiger partial charge >= 0.3 is 0 Å². The van der Waals surface area contributed by atoms with E-state index in [0.717, 1.165) is 40.2 Å². The van der Waals surface area contributed by atoms with Crippen molar-refractivity contribution in [1.82, 2.24) is 15.1 Å². The number of halogens is 1. The predicted molar refractivity (Wildman–Crippen MR) is 98.6 cm³/mol. The molecule has 2 aromatic carbocycles. The summed E-state index contributed by atoms with van der Waals surface area (Å²) in [6.45, 7) is 2.68. The highest BCUT2D eigenvalue weighted by Gasteiger charge is 2.22. The molecule has 1 amide bonds. The SMILES string of the molecule is Cc1c(Cc2ccc(-n3cccn3)cc2)cc2c(c1Cl)CCNC2=O. The molecule has 0 atom stereocenters. The fourth-order valence-electron chi connectivity index (χ4n) is 3.29. The minimum atomic E-state index is -0.0292. The molecule has 25 heavy (non-hydrogen) atoms. The Morgan fingerprint density at radius 1 is 1.28 bits per heavy atom. The molecule has 1 aromatic heterocycles. The van der Waals surface area contributed by atoms with Gasteiger partial charge in [0.15, 0.2) is 0 Å². The van der Waals surface area contributed by atoms with E-state index in [-0.39, 0.29) is 5.91 Å². The van der Waals surface area contributed by atoms with E-state index in [1.54, 1.807) is 6.20 Å². The van der Waals surface area contributed by atoms with Gasteiger partial charge in [-0.1, -0.05) is 23.7 Å². The van der Waals surface area contributed by atoms with Crippen molar-refractivity contribution >= 4 is 17.5 Å². The summed E-state index contributed by atoms with van der Waals surface area (Å²) in [6.07, 6.45) is 5.21. The maximum atomic E-state index is 12.2. The quantitative estimate of drug-likeness (QED) is 0.782. The molecular weight excluding hydrogens is 334 g/mol. The van der Waals surface area contributed by atoms with Gasteiger partial charge in [-0.2, -0.15) is 5.10 Å². The third-order valence-corrected chi connectivity index (χ3v) is 5.24. The number of fused-ring (bicyclic) bond motifs is 1. The Hall–Kier alpha value is -2.59. The van der Waals surface area contributed by atoms with Crippen LogP contribution >= 0.6 is 11.6 Å². The van der Waals surface area contributed by atoms with E-state index >= 15 is 0 Å². The number of rotatable bonds is 3. The lowest BCUT2D eigenvalue weighted by Gasteiger charge is -2.21. The van der Waals surface area contributed by atoms with Crippen LogP contribution in [-0.2, 0) is 12.8 Å². The zero-order valence-electron chi connectivity index (χ0n) is 13.9. The second-order valence-corrected chi connectivity index (χ2v) is 6.68. The van der Waals surface area contributed by atoms with Crippen LogP contribution in [0, 0.1) is 6.92 Å². The fourth-order valence-corrected chi connectivity index (χ4v) is 3.61. The Labute approximate surface area is 151 Å². The number of hydrogen-bond donors (Lipinski definition) is 1. The topological polar surface area (TPSA) is 46.9 Å². The maximum Gasteiger partial charge on any atom is 0.251 e. The number of nitrogens with one attached hydrogen (secondary N) is 1. The standard InChI is InChI=1S/C20H18ClN3O/c1-13-15(12-18-17(19(13)21)7-9-22-20(18)25)11-14-3-5-16(6-4-14)24-10-2-8-23-24/h2-6,8,10,12H,7,9,11H2,1H3,(H,22,25). The molecule has 0 unspecified atom stereocenters. The van der Waals surface area contributed by atoms with Crippen molar-refractivity contribution in [3.05, 3.63) is 81.6 Å². The van der Waals surface area contributed by atoms with Gasteiger partial charge in [-0.05, 0) is 66.3 Å². The molecule has 0 saturated heterocycles. The van der Waals surface area contributed by atoms with Gasteiger partial charge in [0.05, 0.1) is 5.69 Å². The molecule has 1 N–H and O–H groups in total. The Morgan fingerprint density at radius 3 is 2.80 bits per heavy atom. The first-order valence-electron chi connectivity index (χ1n) is 8.31. The summed E-state index contributed by atoms with van der Waals surface area (Å²) in [5, 5.41) is 7.86. The van der Waals surface area contributed by atoms with Crippen LogP contribution in [0.3, 0.4) is 0 Å². The molecule has 5 heteroatoms. The molecule has 126 valence electrons. The lowest BCUT2D eigenvalue weighted by atomic mass is 9.91. The molecular formula is C20H18ClN3O. The van der Waals surface area contributed by atoms with E-state index in [9.17, 15) is 4.79 Å². The van der Waals surface area contributed by atoms with Crippen LogP contribution < -0.4 is 5.32 Å². The van der Waals surface area contributed by atoms with E-state index in [1.807, 2.05) is 42.1 Å². The van der Waals surface area contributed by atoms with Crippen LogP contribution in [-0.4, -0.2) is 22.2 Å². The summed E-state index contributed by atoms with van der Waals surface area (Å²) in [5.74, 6) is -0.0292. The van der Waals surface area contributed by atoms with Gasteiger partial charge in [0.1, 0.15) is 0 Å². The maximum absolute atomic E-state index is 12.2. The summed E-state index contributed by atoms with van der Waals surface area (Å²) < 4.78 is 1.83. The molecule has 4 rings (SSSR count). The third kappa shape index (κ3) is 2.94. The molecule has 0 saturated carbocycles. The zero-order valence-corrected chi connectivity index (χ0v) is 14.7. The summed E-state index contributed by atoms with van der Waals surface area (Å²) in [7, 11) is 0. The van der Waals surface area contributed by atoms with Crippen molar-refractivity contribution in [1.29, 1.82) is 0 Å². The number of hydrogen-bond acceptors (Lipinski definition) is 2. The minimum absolute atomic E-state index is 0.0292. The van der Waals surface area contributed by atoms with Crippen LogP contribution in [0.15, 0.2) is 48.8 Å². The first-order chi connectivity index (χ1) is 12.1. The normalized spacial score (nSPS) is 13.4. The van der Waals surface area contributed by atoms with Gasteiger partial charge in [0, 0.05) is 29.5 Å². The number of benzene rings is 2. The molecule has 0 fully saturated rings. The summed E-state index contributed by atoms with van der Waals surface area (Å²) in [4.78, 5) is 12.2. The minimum Gasteiger partial charge on any atom is -0.352 e.